The van der Waals surface area contributed by atoms with Crippen LogP contribution in [0.1, 0.15) is 12.0 Å². The van der Waals surface area contributed by atoms with Crippen molar-refractivity contribution in [3.8, 4) is 0 Å². The Bertz CT molecular complexity index is 1030. The molecule has 0 bridgehead atoms. The number of hydrogen-bond donors (Lipinski definition) is 0. The third kappa shape index (κ3) is 4.96. The van der Waals surface area contributed by atoms with Gasteiger partial charge < -0.3 is 4.57 Å². The predicted molar refractivity (Wildman–Crippen MR) is 119 cm³/mol. The van der Waals surface area contributed by atoms with Crippen LogP contribution in [0.4, 0.5) is 5.69 Å². The summed E-state index contributed by atoms with van der Waals surface area (Å²) >= 11 is 7.37. The molecule has 1 aromatic heterocycles. The smallest absolute Gasteiger partial charge is 0.266 e. The van der Waals surface area contributed by atoms with E-state index in [1.165, 1.54) is 11.8 Å². The number of thioether (sulfide) groups is 1. The fourth-order valence-electron chi connectivity index (χ4n) is 2.94. The van der Waals surface area contributed by atoms with Crippen molar-refractivity contribution < 1.29 is 4.79 Å². The van der Waals surface area contributed by atoms with Gasteiger partial charge in [-0.15, -0.1) is 0 Å². The minimum absolute atomic E-state index is 0.0229. The van der Waals surface area contributed by atoms with Gasteiger partial charge in [0.15, 0.2) is 5.17 Å². The number of para-hydroxylation sites is 1. The van der Waals surface area contributed by atoms with Gasteiger partial charge >= 0.3 is 0 Å². The first-order valence-corrected chi connectivity index (χ1v) is 10.4. The molecule has 1 amide bonds. The molecule has 3 aromatic rings. The van der Waals surface area contributed by atoms with Crippen LogP contribution in [0.3, 0.4) is 0 Å². The summed E-state index contributed by atoms with van der Waals surface area (Å²) in [5.74, 6) is -0.0229. The Kier molecular flexibility index (Phi) is 6.12. The lowest BCUT2D eigenvalue weighted by Crippen LogP contribution is -2.30. The number of nitrogens with zero attached hydrogens (tertiary/aromatic N) is 4. The molecule has 0 radical (unpaired) electrons. The molecule has 1 fully saturated rings. The van der Waals surface area contributed by atoms with E-state index in [2.05, 4.69) is 4.98 Å². The van der Waals surface area contributed by atoms with E-state index in [-0.39, 0.29) is 5.91 Å². The number of amidine groups is 1. The van der Waals surface area contributed by atoms with Gasteiger partial charge in [-0.2, -0.15) is 0 Å². The van der Waals surface area contributed by atoms with Gasteiger partial charge in [0.1, 0.15) is 0 Å². The van der Waals surface area contributed by atoms with Crippen LogP contribution >= 0.6 is 23.4 Å². The number of rotatable bonds is 6. The lowest BCUT2D eigenvalue weighted by atomic mass is 10.2. The molecule has 0 N–H and O–H groups in total. The summed E-state index contributed by atoms with van der Waals surface area (Å²) in [5.41, 5.74) is 1.76. The predicted octanol–water partition coefficient (Wildman–Crippen LogP) is 5.23. The van der Waals surface area contributed by atoms with Gasteiger partial charge in [-0.05, 0) is 54.1 Å². The van der Waals surface area contributed by atoms with Crippen LogP contribution in [0.5, 0.6) is 0 Å². The molecule has 1 saturated heterocycles. The Hall–Kier alpha value is -2.83. The number of aryl methyl sites for hydroxylation is 1. The first-order chi connectivity index (χ1) is 14.2. The van der Waals surface area contributed by atoms with Crippen molar-refractivity contribution in [1.82, 2.24) is 14.5 Å². The summed E-state index contributed by atoms with van der Waals surface area (Å²) in [6.45, 7) is 1.39. The van der Waals surface area contributed by atoms with Crippen molar-refractivity contribution in [3.05, 3.63) is 88.8 Å². The van der Waals surface area contributed by atoms with E-state index in [1.54, 1.807) is 17.4 Å². The topological polar surface area (TPSA) is 50.5 Å². The fraction of sp³-hybridized carbons (Fsp3) is 0.136. The lowest BCUT2D eigenvalue weighted by Gasteiger charge is -2.15. The third-order valence-corrected chi connectivity index (χ3v) is 5.65. The van der Waals surface area contributed by atoms with Crippen molar-refractivity contribution >= 4 is 46.2 Å². The molecule has 29 heavy (non-hydrogen) atoms. The van der Waals surface area contributed by atoms with Crippen LogP contribution in [0.25, 0.3) is 6.08 Å². The first-order valence-electron chi connectivity index (χ1n) is 9.25. The maximum absolute atomic E-state index is 13.1. The van der Waals surface area contributed by atoms with Crippen LogP contribution in [-0.4, -0.2) is 32.1 Å². The first kappa shape index (κ1) is 19.5. The van der Waals surface area contributed by atoms with E-state index in [0.29, 0.717) is 21.6 Å². The number of benzene rings is 2. The fourth-order valence-corrected chi connectivity index (χ4v) is 4.09. The average molecular weight is 423 g/mol. The van der Waals surface area contributed by atoms with E-state index in [9.17, 15) is 4.79 Å². The van der Waals surface area contributed by atoms with Crippen molar-refractivity contribution in [2.45, 2.75) is 13.0 Å². The van der Waals surface area contributed by atoms with E-state index in [1.807, 2.05) is 71.4 Å². The molecule has 5 nitrogen and oxygen atoms in total. The number of carbonyl (C=O) groups is 1. The van der Waals surface area contributed by atoms with E-state index in [0.717, 1.165) is 24.2 Å². The highest BCUT2D eigenvalue weighted by molar-refractivity contribution is 8.18. The number of imidazole rings is 1. The minimum atomic E-state index is -0.0229. The van der Waals surface area contributed by atoms with E-state index < -0.39 is 0 Å². The summed E-state index contributed by atoms with van der Waals surface area (Å²) < 4.78 is 2.01. The van der Waals surface area contributed by atoms with Crippen LogP contribution < -0.4 is 0 Å². The van der Waals surface area contributed by atoms with Crippen molar-refractivity contribution in [2.75, 3.05) is 6.54 Å². The molecule has 0 atom stereocenters. The number of hydrogen-bond acceptors (Lipinski definition) is 4. The summed E-state index contributed by atoms with van der Waals surface area (Å²) in [6, 6.07) is 17.1. The van der Waals surface area contributed by atoms with Gasteiger partial charge in [-0.3, -0.25) is 9.69 Å². The molecule has 4 rings (SSSR count). The zero-order valence-corrected chi connectivity index (χ0v) is 17.2. The largest absolute Gasteiger partial charge is 0.337 e. The molecule has 1 aliphatic heterocycles. The summed E-state index contributed by atoms with van der Waals surface area (Å²) in [6.07, 6.45) is 8.16. The van der Waals surface area contributed by atoms with Crippen LogP contribution in [0.2, 0.25) is 5.02 Å². The van der Waals surface area contributed by atoms with E-state index >= 15 is 0 Å². The van der Waals surface area contributed by atoms with Crippen LogP contribution in [-0.2, 0) is 11.3 Å². The standard InChI is InChI=1S/C22H19ClN4OS/c23-18-9-7-17(8-10-18)15-20-21(28)27(13-4-12-26-14-11-24-16-26)22(29-20)25-19-5-2-1-3-6-19/h1-3,5-11,14-16H,4,12-13H2/b20-15-,25-22?. The van der Waals surface area contributed by atoms with Crippen LogP contribution in [0, 0.1) is 0 Å². The molecule has 2 heterocycles. The summed E-state index contributed by atoms with van der Waals surface area (Å²) in [7, 11) is 0. The lowest BCUT2D eigenvalue weighted by molar-refractivity contribution is -0.122. The number of amides is 1. The van der Waals surface area contributed by atoms with Gasteiger partial charge in [-0.1, -0.05) is 41.9 Å². The molecule has 0 unspecified atom stereocenters. The summed E-state index contributed by atoms with van der Waals surface area (Å²) in [4.78, 5) is 24.3. The Morgan fingerprint density at radius 2 is 1.86 bits per heavy atom. The highest BCUT2D eigenvalue weighted by Crippen LogP contribution is 2.34. The second kappa shape index (κ2) is 9.11. The Morgan fingerprint density at radius 1 is 1.07 bits per heavy atom. The molecule has 7 heteroatoms. The van der Waals surface area contributed by atoms with Gasteiger partial charge in [0, 0.05) is 30.5 Å². The maximum Gasteiger partial charge on any atom is 0.266 e. The number of carbonyl (C=O) groups excluding carboxylic acids is 1. The van der Waals surface area contributed by atoms with Crippen molar-refractivity contribution in [2.24, 2.45) is 4.99 Å². The molecule has 0 aliphatic carbocycles. The Labute approximate surface area is 178 Å². The highest BCUT2D eigenvalue weighted by Gasteiger charge is 2.33. The third-order valence-electron chi connectivity index (χ3n) is 4.39. The maximum atomic E-state index is 13.1. The molecular weight excluding hydrogens is 404 g/mol. The average Bonchev–Trinajstić information content (AvgIpc) is 3.34. The van der Waals surface area contributed by atoms with Crippen LogP contribution in [0.15, 0.2) is 83.2 Å². The molecule has 146 valence electrons. The highest BCUT2D eigenvalue weighted by atomic mass is 35.5. The quantitative estimate of drug-likeness (QED) is 0.511. The molecular formula is C22H19ClN4OS. The van der Waals surface area contributed by atoms with Gasteiger partial charge in [0.05, 0.1) is 16.9 Å². The Balaban J connectivity index is 1.57. The monoisotopic (exact) mass is 422 g/mol. The second-order valence-electron chi connectivity index (χ2n) is 6.50. The summed E-state index contributed by atoms with van der Waals surface area (Å²) in [5, 5.41) is 1.37. The SMILES string of the molecule is O=C1/C(=C/c2ccc(Cl)cc2)SC(=Nc2ccccc2)N1CCCn1ccnc1. The van der Waals surface area contributed by atoms with Gasteiger partial charge in [0.25, 0.3) is 5.91 Å². The molecule has 2 aromatic carbocycles. The van der Waals surface area contributed by atoms with E-state index in [4.69, 9.17) is 16.6 Å². The molecule has 1 aliphatic rings. The normalized spacial score (nSPS) is 16.9. The minimum Gasteiger partial charge on any atom is -0.337 e. The Morgan fingerprint density at radius 3 is 2.59 bits per heavy atom. The van der Waals surface area contributed by atoms with Gasteiger partial charge in [-0.25, -0.2) is 9.98 Å². The number of aromatic nitrogens is 2. The zero-order valence-electron chi connectivity index (χ0n) is 15.6. The van der Waals surface area contributed by atoms with Crippen molar-refractivity contribution in [1.29, 1.82) is 0 Å². The zero-order chi connectivity index (χ0) is 20.1. The number of aliphatic imine (C=N–C) groups is 1. The van der Waals surface area contributed by atoms with Gasteiger partial charge in [0.2, 0.25) is 0 Å². The van der Waals surface area contributed by atoms with Crippen molar-refractivity contribution in [3.63, 3.8) is 0 Å². The second-order valence-corrected chi connectivity index (χ2v) is 7.95. The molecule has 0 saturated carbocycles. The number of halogens is 1. The molecule has 0 spiro atoms.